The zero-order chi connectivity index (χ0) is 14.7. The first-order chi connectivity index (χ1) is 9.51. The number of hydrogen-bond donors (Lipinski definition) is 0. The highest BCUT2D eigenvalue weighted by molar-refractivity contribution is 9.10. The van der Waals surface area contributed by atoms with E-state index in [1.165, 1.54) is 12.1 Å². The summed E-state index contributed by atoms with van der Waals surface area (Å²) in [6.07, 6.45) is 0.639. The van der Waals surface area contributed by atoms with Gasteiger partial charge in [0.25, 0.3) is 0 Å². The Morgan fingerprint density at radius 3 is 2.55 bits per heavy atom. The van der Waals surface area contributed by atoms with Crippen molar-refractivity contribution in [3.63, 3.8) is 0 Å². The Bertz CT molecular complexity index is 685. The van der Waals surface area contributed by atoms with E-state index in [1.54, 1.807) is 31.2 Å². The Balaban J connectivity index is 2.45. The number of nitrogens with zero attached hydrogens (tertiary/aromatic N) is 1. The lowest BCUT2D eigenvalue weighted by Gasteiger charge is -2.09. The summed E-state index contributed by atoms with van der Waals surface area (Å²) in [5, 5.41) is 11.0. The fourth-order valence-corrected chi connectivity index (χ4v) is 2.06. The fourth-order valence-electron chi connectivity index (χ4n) is 1.68. The first kappa shape index (κ1) is 14.2. The Morgan fingerprint density at radius 1 is 1.20 bits per heavy atom. The van der Waals surface area contributed by atoms with Crippen LogP contribution in [-0.2, 0) is 0 Å². The van der Waals surface area contributed by atoms with Gasteiger partial charge in [0.1, 0.15) is 5.75 Å². The zero-order valence-electron chi connectivity index (χ0n) is 10.5. The van der Waals surface area contributed by atoms with Crippen molar-refractivity contribution in [1.82, 2.24) is 0 Å². The van der Waals surface area contributed by atoms with Gasteiger partial charge in [-0.2, -0.15) is 0 Å². The van der Waals surface area contributed by atoms with Crippen LogP contribution in [0.25, 0.3) is 0 Å². The molecule has 0 N–H and O–H groups in total. The number of aldehydes is 1. The number of carbonyl (C=O) groups is 1. The summed E-state index contributed by atoms with van der Waals surface area (Å²) in [6, 6.07) is 9.52. The highest BCUT2D eigenvalue weighted by Gasteiger charge is 2.17. The van der Waals surface area contributed by atoms with Crippen molar-refractivity contribution in [3.05, 3.63) is 62.1 Å². The summed E-state index contributed by atoms with van der Waals surface area (Å²) in [5.74, 6) is 0.376. The lowest BCUT2D eigenvalue weighted by atomic mass is 10.2. The van der Waals surface area contributed by atoms with Crippen LogP contribution in [-0.4, -0.2) is 11.2 Å². The van der Waals surface area contributed by atoms with Gasteiger partial charge in [-0.3, -0.25) is 14.9 Å². The SMILES string of the molecule is Cc1ccc(Oc2ccc(Br)cc2C=O)c([N+](=O)[O-])c1. The molecular weight excluding hydrogens is 326 g/mol. The van der Waals surface area contributed by atoms with E-state index >= 15 is 0 Å². The maximum atomic E-state index is 11.0. The molecule has 0 aliphatic carbocycles. The second-order valence-corrected chi connectivity index (χ2v) is 5.05. The number of ether oxygens (including phenoxy) is 1. The quantitative estimate of drug-likeness (QED) is 0.475. The van der Waals surface area contributed by atoms with Crippen LogP contribution >= 0.6 is 15.9 Å². The van der Waals surface area contributed by atoms with Gasteiger partial charge in [-0.1, -0.05) is 22.0 Å². The number of nitro benzene ring substituents is 1. The van der Waals surface area contributed by atoms with Gasteiger partial charge < -0.3 is 4.74 Å². The number of aryl methyl sites for hydroxylation is 1. The Morgan fingerprint density at radius 2 is 1.90 bits per heavy atom. The van der Waals surface area contributed by atoms with Crippen molar-refractivity contribution in [3.8, 4) is 11.5 Å². The molecule has 0 saturated carbocycles. The lowest BCUT2D eigenvalue weighted by Crippen LogP contribution is -1.96. The van der Waals surface area contributed by atoms with Crippen molar-refractivity contribution in [1.29, 1.82) is 0 Å². The van der Waals surface area contributed by atoms with Gasteiger partial charge in [-0.15, -0.1) is 0 Å². The molecule has 0 amide bonds. The summed E-state index contributed by atoms with van der Waals surface area (Å²) >= 11 is 3.25. The Kier molecular flexibility index (Phi) is 4.14. The molecule has 0 aromatic heterocycles. The first-order valence-electron chi connectivity index (χ1n) is 5.69. The Hall–Kier alpha value is -2.21. The molecule has 0 radical (unpaired) electrons. The van der Waals surface area contributed by atoms with Crippen molar-refractivity contribution in [2.75, 3.05) is 0 Å². The molecule has 0 saturated heterocycles. The molecule has 0 aliphatic rings. The predicted octanol–water partition coefficient (Wildman–Crippen LogP) is 4.27. The number of nitro groups is 1. The molecular formula is C14H10BrNO4. The van der Waals surface area contributed by atoms with Crippen LogP contribution in [0.1, 0.15) is 15.9 Å². The molecule has 0 fully saturated rings. The first-order valence-corrected chi connectivity index (χ1v) is 6.48. The van der Waals surface area contributed by atoms with Crippen molar-refractivity contribution in [2.45, 2.75) is 6.92 Å². The highest BCUT2D eigenvalue weighted by atomic mass is 79.9. The maximum absolute atomic E-state index is 11.0. The minimum absolute atomic E-state index is 0.103. The van der Waals surface area contributed by atoms with Crippen molar-refractivity contribution >= 4 is 27.9 Å². The van der Waals surface area contributed by atoms with Crippen LogP contribution in [0.15, 0.2) is 40.9 Å². The smallest absolute Gasteiger partial charge is 0.311 e. The minimum Gasteiger partial charge on any atom is -0.449 e. The van der Waals surface area contributed by atoms with Crippen LogP contribution in [0.5, 0.6) is 11.5 Å². The number of rotatable bonds is 4. The molecule has 0 aliphatic heterocycles. The average molecular weight is 336 g/mol. The fraction of sp³-hybridized carbons (Fsp3) is 0.0714. The summed E-state index contributed by atoms with van der Waals surface area (Å²) in [4.78, 5) is 21.5. The molecule has 6 heteroatoms. The molecule has 2 aromatic rings. The third-order valence-electron chi connectivity index (χ3n) is 2.63. The van der Waals surface area contributed by atoms with Gasteiger partial charge in [0.2, 0.25) is 5.75 Å². The van der Waals surface area contributed by atoms with E-state index in [-0.39, 0.29) is 17.2 Å². The van der Waals surface area contributed by atoms with Gasteiger partial charge in [-0.05, 0) is 36.8 Å². The normalized spacial score (nSPS) is 10.1. The number of halogens is 1. The molecule has 0 atom stereocenters. The van der Waals surface area contributed by atoms with Gasteiger partial charge in [0.15, 0.2) is 6.29 Å². The van der Waals surface area contributed by atoms with Crippen molar-refractivity contribution < 1.29 is 14.5 Å². The van der Waals surface area contributed by atoms with E-state index in [1.807, 2.05) is 0 Å². The average Bonchev–Trinajstić information content (AvgIpc) is 2.42. The molecule has 5 nitrogen and oxygen atoms in total. The monoisotopic (exact) mass is 335 g/mol. The van der Waals surface area contributed by atoms with Gasteiger partial charge >= 0.3 is 5.69 Å². The van der Waals surface area contributed by atoms with E-state index in [0.29, 0.717) is 11.8 Å². The minimum atomic E-state index is -0.512. The molecule has 0 bridgehead atoms. The molecule has 0 heterocycles. The van der Waals surface area contributed by atoms with E-state index < -0.39 is 4.92 Å². The largest absolute Gasteiger partial charge is 0.449 e. The summed E-state index contributed by atoms with van der Waals surface area (Å²) in [7, 11) is 0. The molecule has 102 valence electrons. The second kappa shape index (κ2) is 5.83. The van der Waals surface area contributed by atoms with Gasteiger partial charge in [0.05, 0.1) is 10.5 Å². The summed E-state index contributed by atoms with van der Waals surface area (Å²) in [5.41, 5.74) is 0.939. The van der Waals surface area contributed by atoms with E-state index in [9.17, 15) is 14.9 Å². The summed E-state index contributed by atoms with van der Waals surface area (Å²) in [6.45, 7) is 1.76. The van der Waals surface area contributed by atoms with Crippen LogP contribution in [0.3, 0.4) is 0 Å². The summed E-state index contributed by atoms with van der Waals surface area (Å²) < 4.78 is 6.24. The molecule has 0 spiro atoms. The standard InChI is InChI=1S/C14H10BrNO4/c1-9-2-4-14(12(6-9)16(18)19)20-13-5-3-11(15)7-10(13)8-17/h2-8H,1H3. The van der Waals surface area contributed by atoms with E-state index in [0.717, 1.165) is 10.0 Å². The van der Waals surface area contributed by atoms with Crippen LogP contribution < -0.4 is 4.74 Å². The predicted molar refractivity (Wildman–Crippen MR) is 77.4 cm³/mol. The van der Waals surface area contributed by atoms with Crippen LogP contribution in [0.2, 0.25) is 0 Å². The topological polar surface area (TPSA) is 69.4 Å². The Labute approximate surface area is 123 Å². The zero-order valence-corrected chi connectivity index (χ0v) is 12.1. The number of hydrogen-bond acceptors (Lipinski definition) is 4. The van der Waals surface area contributed by atoms with Crippen LogP contribution in [0.4, 0.5) is 5.69 Å². The number of carbonyl (C=O) groups excluding carboxylic acids is 1. The second-order valence-electron chi connectivity index (χ2n) is 4.13. The maximum Gasteiger partial charge on any atom is 0.311 e. The highest BCUT2D eigenvalue weighted by Crippen LogP contribution is 2.34. The van der Waals surface area contributed by atoms with Crippen molar-refractivity contribution in [2.24, 2.45) is 0 Å². The molecule has 2 aromatic carbocycles. The van der Waals surface area contributed by atoms with E-state index in [2.05, 4.69) is 15.9 Å². The molecule has 20 heavy (non-hydrogen) atoms. The molecule has 2 rings (SSSR count). The lowest BCUT2D eigenvalue weighted by molar-refractivity contribution is -0.385. The van der Waals surface area contributed by atoms with Gasteiger partial charge in [0, 0.05) is 10.5 Å². The van der Waals surface area contributed by atoms with E-state index in [4.69, 9.17) is 4.74 Å². The third kappa shape index (κ3) is 3.03. The molecule has 0 unspecified atom stereocenters. The van der Waals surface area contributed by atoms with Crippen LogP contribution in [0, 0.1) is 17.0 Å². The third-order valence-corrected chi connectivity index (χ3v) is 3.12. The van der Waals surface area contributed by atoms with Gasteiger partial charge in [-0.25, -0.2) is 0 Å². The number of benzene rings is 2.